The molecule has 6 nitrogen and oxygen atoms in total. The lowest BCUT2D eigenvalue weighted by Gasteiger charge is -2.27. The van der Waals surface area contributed by atoms with Crippen molar-refractivity contribution in [3.05, 3.63) is 11.6 Å². The molecule has 3 heterocycles. The van der Waals surface area contributed by atoms with E-state index in [-0.39, 0.29) is 0 Å². The van der Waals surface area contributed by atoms with Gasteiger partial charge in [0.1, 0.15) is 11.6 Å². The highest BCUT2D eigenvalue weighted by Gasteiger charge is 2.16. The molecule has 0 saturated carbocycles. The minimum Gasteiger partial charge on any atom is -0.379 e. The summed E-state index contributed by atoms with van der Waals surface area (Å²) in [6.07, 6.45) is 3.56. The Labute approximate surface area is 101 Å². The molecule has 17 heavy (non-hydrogen) atoms. The van der Waals surface area contributed by atoms with Gasteiger partial charge in [0, 0.05) is 26.1 Å². The monoisotopic (exact) mass is 237 g/mol. The Morgan fingerprint density at radius 1 is 1.12 bits per heavy atom. The molecule has 1 fully saturated rings. The van der Waals surface area contributed by atoms with Gasteiger partial charge in [-0.25, -0.2) is 10.4 Å². The zero-order valence-electron chi connectivity index (χ0n) is 10.1. The summed E-state index contributed by atoms with van der Waals surface area (Å²) in [5.41, 5.74) is 3.40. The molecule has 94 valence electrons. The van der Waals surface area contributed by atoms with Crippen LogP contribution in [0.2, 0.25) is 0 Å². The van der Waals surface area contributed by atoms with Gasteiger partial charge < -0.3 is 9.30 Å². The van der Waals surface area contributed by atoms with Crippen molar-refractivity contribution in [2.24, 2.45) is 0 Å². The Hall–Kier alpha value is -0.980. The Bertz CT molecular complexity index is 372. The second-order valence-corrected chi connectivity index (χ2v) is 4.58. The van der Waals surface area contributed by atoms with E-state index in [1.165, 1.54) is 12.8 Å². The molecular weight excluding hydrogens is 218 g/mol. The molecule has 2 aliphatic rings. The average Bonchev–Trinajstić information content (AvgIpc) is 2.81. The lowest BCUT2D eigenvalue weighted by atomic mass is 10.2. The molecule has 1 aromatic rings. The number of ether oxygens (including phenoxy) is 1. The van der Waals surface area contributed by atoms with Crippen LogP contribution < -0.4 is 5.43 Å². The van der Waals surface area contributed by atoms with Crippen molar-refractivity contribution < 1.29 is 4.74 Å². The highest BCUT2D eigenvalue weighted by atomic mass is 16.5. The van der Waals surface area contributed by atoms with Crippen LogP contribution >= 0.6 is 0 Å². The van der Waals surface area contributed by atoms with Gasteiger partial charge in [-0.15, -0.1) is 10.2 Å². The van der Waals surface area contributed by atoms with Gasteiger partial charge >= 0.3 is 0 Å². The first-order valence-corrected chi connectivity index (χ1v) is 6.40. The third-order valence-corrected chi connectivity index (χ3v) is 3.41. The topological polar surface area (TPSA) is 55.2 Å². The molecule has 0 amide bonds. The summed E-state index contributed by atoms with van der Waals surface area (Å²) < 4.78 is 7.57. The largest absolute Gasteiger partial charge is 0.379 e. The minimum absolute atomic E-state index is 0.771. The second-order valence-electron chi connectivity index (χ2n) is 4.58. The first-order valence-electron chi connectivity index (χ1n) is 6.40. The van der Waals surface area contributed by atoms with Gasteiger partial charge in [-0.3, -0.25) is 0 Å². The zero-order chi connectivity index (χ0) is 11.5. The number of morpholine rings is 1. The molecule has 0 aliphatic carbocycles. The molecule has 0 unspecified atom stereocenters. The van der Waals surface area contributed by atoms with E-state index in [0.29, 0.717) is 0 Å². The van der Waals surface area contributed by atoms with Crippen LogP contribution in [-0.4, -0.2) is 46.1 Å². The van der Waals surface area contributed by atoms with E-state index in [2.05, 4.69) is 25.2 Å². The van der Waals surface area contributed by atoms with E-state index in [4.69, 9.17) is 4.74 Å². The van der Waals surface area contributed by atoms with E-state index >= 15 is 0 Å². The van der Waals surface area contributed by atoms with Crippen molar-refractivity contribution >= 4 is 0 Å². The van der Waals surface area contributed by atoms with Gasteiger partial charge in [0.05, 0.1) is 19.8 Å². The Balaban J connectivity index is 1.59. The quantitative estimate of drug-likeness (QED) is 0.799. The highest BCUT2D eigenvalue weighted by Crippen LogP contribution is 2.14. The van der Waals surface area contributed by atoms with E-state index < -0.39 is 0 Å². The molecule has 2 aliphatic heterocycles. The number of fused-ring (bicyclic) bond motifs is 1. The van der Waals surface area contributed by atoms with Crippen molar-refractivity contribution in [3.8, 4) is 0 Å². The maximum atomic E-state index is 5.31. The molecule has 1 N–H and O–H groups in total. The molecule has 0 atom stereocenters. The Morgan fingerprint density at radius 3 is 2.88 bits per heavy atom. The van der Waals surface area contributed by atoms with Crippen LogP contribution in [0.1, 0.15) is 24.5 Å². The number of rotatable bonds is 3. The average molecular weight is 237 g/mol. The van der Waals surface area contributed by atoms with Crippen LogP contribution in [0.25, 0.3) is 0 Å². The van der Waals surface area contributed by atoms with Gasteiger partial charge in [0.25, 0.3) is 0 Å². The summed E-state index contributed by atoms with van der Waals surface area (Å²) in [6, 6.07) is 0. The number of aryl methyl sites for hydroxylation is 1. The van der Waals surface area contributed by atoms with Crippen molar-refractivity contribution in [2.75, 3.05) is 26.3 Å². The van der Waals surface area contributed by atoms with Crippen LogP contribution in [-0.2, 0) is 24.2 Å². The van der Waals surface area contributed by atoms with Crippen molar-refractivity contribution in [3.63, 3.8) is 0 Å². The molecular formula is C11H19N5O. The maximum Gasteiger partial charge on any atom is 0.148 e. The first kappa shape index (κ1) is 11.1. The van der Waals surface area contributed by atoms with Crippen LogP contribution in [0.3, 0.4) is 0 Å². The van der Waals surface area contributed by atoms with Crippen LogP contribution in [0.4, 0.5) is 0 Å². The van der Waals surface area contributed by atoms with Crippen molar-refractivity contribution in [1.29, 1.82) is 0 Å². The van der Waals surface area contributed by atoms with Gasteiger partial charge in [0.15, 0.2) is 0 Å². The third kappa shape index (κ3) is 2.48. The fraction of sp³-hybridized carbons (Fsp3) is 0.818. The summed E-state index contributed by atoms with van der Waals surface area (Å²) in [6.45, 7) is 5.35. The second kappa shape index (κ2) is 5.12. The summed E-state index contributed by atoms with van der Waals surface area (Å²) in [5, 5.41) is 10.7. The lowest BCUT2D eigenvalue weighted by molar-refractivity contribution is 0.00988. The summed E-state index contributed by atoms with van der Waals surface area (Å²) >= 11 is 0. The van der Waals surface area contributed by atoms with Gasteiger partial charge in [0.2, 0.25) is 0 Å². The number of hydrazine groups is 1. The van der Waals surface area contributed by atoms with E-state index in [9.17, 15) is 0 Å². The molecule has 1 aromatic heterocycles. The summed E-state index contributed by atoms with van der Waals surface area (Å²) in [7, 11) is 0. The minimum atomic E-state index is 0.771. The summed E-state index contributed by atoms with van der Waals surface area (Å²) in [5.74, 6) is 2.21. The van der Waals surface area contributed by atoms with E-state index in [1.807, 2.05) is 0 Å². The number of nitrogens with zero attached hydrogens (tertiary/aromatic N) is 4. The number of hydrogen-bond acceptors (Lipinski definition) is 5. The fourth-order valence-electron chi connectivity index (χ4n) is 2.40. The number of hydrogen-bond donors (Lipinski definition) is 1. The van der Waals surface area contributed by atoms with Gasteiger partial charge in [-0.05, 0) is 12.8 Å². The standard InChI is InChI=1S/C11H19N5O/c1-2-4-16-10(3-1)13-14-11(16)9-12-15-5-7-17-8-6-15/h12H,1-9H2. The SMILES string of the molecule is C1CCn2c(nnc2CNN2CCOCC2)C1. The third-order valence-electron chi connectivity index (χ3n) is 3.41. The molecule has 0 bridgehead atoms. The first-order chi connectivity index (χ1) is 8.43. The Morgan fingerprint density at radius 2 is 2.00 bits per heavy atom. The molecule has 3 rings (SSSR count). The molecule has 6 heteroatoms. The van der Waals surface area contributed by atoms with Crippen molar-refractivity contribution in [2.45, 2.75) is 32.4 Å². The van der Waals surface area contributed by atoms with E-state index in [1.54, 1.807) is 0 Å². The molecule has 0 aromatic carbocycles. The fourth-order valence-corrected chi connectivity index (χ4v) is 2.40. The van der Waals surface area contributed by atoms with Gasteiger partial charge in [-0.2, -0.15) is 0 Å². The molecule has 0 spiro atoms. The van der Waals surface area contributed by atoms with E-state index in [0.717, 1.165) is 57.5 Å². The van der Waals surface area contributed by atoms with Crippen LogP contribution in [0.15, 0.2) is 0 Å². The van der Waals surface area contributed by atoms with Crippen molar-refractivity contribution in [1.82, 2.24) is 25.2 Å². The normalized spacial score (nSPS) is 21.4. The lowest BCUT2D eigenvalue weighted by Crippen LogP contribution is -2.45. The van der Waals surface area contributed by atoms with Crippen LogP contribution in [0, 0.1) is 0 Å². The molecule has 0 radical (unpaired) electrons. The number of nitrogens with one attached hydrogen (secondary N) is 1. The van der Waals surface area contributed by atoms with Crippen LogP contribution in [0.5, 0.6) is 0 Å². The highest BCUT2D eigenvalue weighted by molar-refractivity contribution is 4.98. The summed E-state index contributed by atoms with van der Waals surface area (Å²) in [4.78, 5) is 0. The maximum absolute atomic E-state index is 5.31. The number of aromatic nitrogens is 3. The predicted molar refractivity (Wildman–Crippen MR) is 62.2 cm³/mol. The zero-order valence-corrected chi connectivity index (χ0v) is 10.1. The molecule has 1 saturated heterocycles. The van der Waals surface area contributed by atoms with Gasteiger partial charge in [-0.1, -0.05) is 0 Å². The predicted octanol–water partition coefficient (Wildman–Crippen LogP) is -0.0488. The smallest absolute Gasteiger partial charge is 0.148 e. The Kier molecular flexibility index (Phi) is 3.35.